The minimum atomic E-state index is -3.23. The second-order valence-corrected chi connectivity index (χ2v) is 7.43. The number of non-ortho nitro benzene ring substituents is 1. The highest BCUT2D eigenvalue weighted by Crippen LogP contribution is 2.23. The highest BCUT2D eigenvalue weighted by molar-refractivity contribution is 7.88. The largest absolute Gasteiger partial charge is 0.507 e. The van der Waals surface area contributed by atoms with Crippen LogP contribution < -0.4 is 5.32 Å². The van der Waals surface area contributed by atoms with E-state index in [1.165, 1.54) is 10.4 Å². The van der Waals surface area contributed by atoms with Gasteiger partial charge in [0.05, 0.1) is 22.8 Å². The van der Waals surface area contributed by atoms with Crippen molar-refractivity contribution in [1.82, 2.24) is 9.62 Å². The number of aromatic hydroxyl groups is 1. The quantitative estimate of drug-likeness (QED) is 0.584. The van der Waals surface area contributed by atoms with Gasteiger partial charge in [0.2, 0.25) is 10.0 Å². The van der Waals surface area contributed by atoms with Crippen molar-refractivity contribution in [3.63, 3.8) is 0 Å². The van der Waals surface area contributed by atoms with Gasteiger partial charge >= 0.3 is 0 Å². The van der Waals surface area contributed by atoms with Crippen LogP contribution in [0.5, 0.6) is 5.75 Å². The first kappa shape index (κ1) is 17.2. The van der Waals surface area contributed by atoms with Crippen LogP contribution >= 0.6 is 0 Å². The van der Waals surface area contributed by atoms with Crippen LogP contribution in [0, 0.1) is 16.0 Å². The van der Waals surface area contributed by atoms with Gasteiger partial charge in [0.1, 0.15) is 5.75 Å². The van der Waals surface area contributed by atoms with E-state index in [1.54, 1.807) is 0 Å². The third-order valence-corrected chi connectivity index (χ3v) is 4.98. The Labute approximate surface area is 133 Å². The van der Waals surface area contributed by atoms with E-state index in [4.69, 9.17) is 0 Å². The minimum Gasteiger partial charge on any atom is -0.507 e. The molecule has 1 heterocycles. The van der Waals surface area contributed by atoms with Crippen LogP contribution in [0.2, 0.25) is 0 Å². The summed E-state index contributed by atoms with van der Waals surface area (Å²) in [6, 6.07) is 3.23. The van der Waals surface area contributed by atoms with Crippen molar-refractivity contribution in [2.75, 3.05) is 25.9 Å². The molecule has 0 aromatic heterocycles. The van der Waals surface area contributed by atoms with Gasteiger partial charge < -0.3 is 10.4 Å². The number of rotatable bonds is 5. The number of nitro groups is 1. The number of hydrogen-bond acceptors (Lipinski definition) is 6. The lowest BCUT2D eigenvalue weighted by atomic mass is 10.1. The predicted octanol–water partition coefficient (Wildman–Crippen LogP) is 0.312. The van der Waals surface area contributed by atoms with Crippen molar-refractivity contribution in [2.24, 2.45) is 5.92 Å². The molecule has 1 aliphatic heterocycles. The Bertz CT molecular complexity index is 733. The maximum absolute atomic E-state index is 12.0. The fourth-order valence-corrected chi connectivity index (χ4v) is 3.34. The van der Waals surface area contributed by atoms with E-state index in [-0.39, 0.29) is 23.7 Å². The molecule has 1 atom stereocenters. The summed E-state index contributed by atoms with van der Waals surface area (Å²) in [5.74, 6) is -1.04. The molecular weight excluding hydrogens is 326 g/mol. The van der Waals surface area contributed by atoms with Crippen LogP contribution in [0.1, 0.15) is 16.8 Å². The molecule has 0 radical (unpaired) electrons. The number of phenols is 1. The van der Waals surface area contributed by atoms with E-state index in [9.17, 15) is 28.4 Å². The summed E-state index contributed by atoms with van der Waals surface area (Å²) in [5.41, 5.74) is -0.368. The normalized spacial score (nSPS) is 18.7. The van der Waals surface area contributed by atoms with E-state index in [0.29, 0.717) is 19.5 Å². The average molecular weight is 343 g/mol. The Morgan fingerprint density at radius 2 is 2.22 bits per heavy atom. The first-order valence-electron chi connectivity index (χ1n) is 6.89. The standard InChI is InChI=1S/C13H17N3O6S/c1-23(21,22)15-5-4-9(8-15)7-14-13(18)11-3-2-10(16(19)20)6-12(11)17/h2-3,6,9,17H,4-5,7-8H2,1H3,(H,14,18). The van der Waals surface area contributed by atoms with Crippen molar-refractivity contribution < 1.29 is 23.2 Å². The molecule has 1 amide bonds. The van der Waals surface area contributed by atoms with Gasteiger partial charge in [-0.2, -0.15) is 0 Å². The number of benzene rings is 1. The van der Waals surface area contributed by atoms with Gasteiger partial charge in [-0.15, -0.1) is 0 Å². The number of nitro benzene ring substituents is 1. The van der Waals surface area contributed by atoms with E-state index in [0.717, 1.165) is 18.4 Å². The van der Waals surface area contributed by atoms with Crippen LogP contribution in [0.3, 0.4) is 0 Å². The van der Waals surface area contributed by atoms with Gasteiger partial charge in [-0.25, -0.2) is 12.7 Å². The van der Waals surface area contributed by atoms with Crippen LogP contribution in [0.25, 0.3) is 0 Å². The Kier molecular flexibility index (Phi) is 4.85. The Morgan fingerprint density at radius 3 is 2.74 bits per heavy atom. The van der Waals surface area contributed by atoms with Crippen LogP contribution in [0.4, 0.5) is 5.69 Å². The third kappa shape index (κ3) is 4.17. The molecule has 9 nitrogen and oxygen atoms in total. The molecule has 1 saturated heterocycles. The van der Waals surface area contributed by atoms with Gasteiger partial charge in [-0.3, -0.25) is 14.9 Å². The van der Waals surface area contributed by atoms with E-state index >= 15 is 0 Å². The van der Waals surface area contributed by atoms with Gasteiger partial charge in [0.25, 0.3) is 11.6 Å². The van der Waals surface area contributed by atoms with Gasteiger partial charge in [-0.1, -0.05) is 0 Å². The van der Waals surface area contributed by atoms with Crippen molar-refractivity contribution >= 4 is 21.6 Å². The lowest BCUT2D eigenvalue weighted by Crippen LogP contribution is -2.32. The maximum Gasteiger partial charge on any atom is 0.273 e. The Morgan fingerprint density at radius 1 is 1.52 bits per heavy atom. The monoisotopic (exact) mass is 343 g/mol. The fraction of sp³-hybridized carbons (Fsp3) is 0.462. The van der Waals surface area contributed by atoms with Gasteiger partial charge in [0.15, 0.2) is 0 Å². The topological polar surface area (TPSA) is 130 Å². The number of nitrogens with zero attached hydrogens (tertiary/aromatic N) is 2. The number of nitrogens with one attached hydrogen (secondary N) is 1. The lowest BCUT2D eigenvalue weighted by molar-refractivity contribution is -0.384. The highest BCUT2D eigenvalue weighted by atomic mass is 32.2. The number of carbonyl (C=O) groups excluding carboxylic acids is 1. The minimum absolute atomic E-state index is 0.00568. The van der Waals surface area contributed by atoms with E-state index in [2.05, 4.69) is 5.32 Å². The summed E-state index contributed by atoms with van der Waals surface area (Å²) < 4.78 is 24.2. The smallest absolute Gasteiger partial charge is 0.273 e. The SMILES string of the molecule is CS(=O)(=O)N1CCC(CNC(=O)c2ccc([N+](=O)[O-])cc2O)C1. The molecule has 23 heavy (non-hydrogen) atoms. The highest BCUT2D eigenvalue weighted by Gasteiger charge is 2.28. The van der Waals surface area contributed by atoms with Crippen molar-refractivity contribution in [2.45, 2.75) is 6.42 Å². The first-order chi connectivity index (χ1) is 10.7. The molecule has 1 aliphatic rings. The second-order valence-electron chi connectivity index (χ2n) is 5.44. The lowest BCUT2D eigenvalue weighted by Gasteiger charge is -2.14. The van der Waals surface area contributed by atoms with Crippen LogP contribution in [-0.2, 0) is 10.0 Å². The Balaban J connectivity index is 1.95. The number of carbonyl (C=O) groups is 1. The van der Waals surface area contributed by atoms with E-state index in [1.807, 2.05) is 0 Å². The zero-order valence-corrected chi connectivity index (χ0v) is 13.2. The van der Waals surface area contributed by atoms with Crippen molar-refractivity contribution in [3.8, 4) is 5.75 Å². The van der Waals surface area contributed by atoms with Gasteiger partial charge in [-0.05, 0) is 18.4 Å². The molecule has 2 rings (SSSR count). The number of phenolic OH excluding ortho intramolecular Hbond substituents is 1. The molecule has 1 aromatic carbocycles. The summed E-state index contributed by atoms with van der Waals surface area (Å²) in [4.78, 5) is 21.9. The predicted molar refractivity (Wildman–Crippen MR) is 81.6 cm³/mol. The fourth-order valence-electron chi connectivity index (χ4n) is 2.42. The third-order valence-electron chi connectivity index (χ3n) is 3.71. The van der Waals surface area contributed by atoms with Crippen LogP contribution in [0.15, 0.2) is 18.2 Å². The van der Waals surface area contributed by atoms with Crippen molar-refractivity contribution in [3.05, 3.63) is 33.9 Å². The molecule has 126 valence electrons. The van der Waals surface area contributed by atoms with E-state index < -0.39 is 26.6 Å². The zero-order valence-electron chi connectivity index (χ0n) is 12.4. The zero-order chi connectivity index (χ0) is 17.2. The molecule has 0 saturated carbocycles. The molecule has 0 bridgehead atoms. The second kappa shape index (κ2) is 6.50. The molecule has 0 aliphatic carbocycles. The summed E-state index contributed by atoms with van der Waals surface area (Å²) in [5, 5.41) is 22.9. The summed E-state index contributed by atoms with van der Waals surface area (Å²) in [6.07, 6.45) is 1.78. The van der Waals surface area contributed by atoms with Crippen LogP contribution in [-0.4, -0.2) is 54.6 Å². The van der Waals surface area contributed by atoms with Crippen molar-refractivity contribution in [1.29, 1.82) is 0 Å². The molecule has 1 aromatic rings. The summed E-state index contributed by atoms with van der Waals surface area (Å²) in [6.45, 7) is 1.02. The molecule has 0 spiro atoms. The molecular formula is C13H17N3O6S. The Hall–Kier alpha value is -2.20. The molecule has 1 unspecified atom stereocenters. The first-order valence-corrected chi connectivity index (χ1v) is 8.74. The number of amides is 1. The summed E-state index contributed by atoms with van der Waals surface area (Å²) in [7, 11) is -3.23. The summed E-state index contributed by atoms with van der Waals surface area (Å²) >= 11 is 0. The average Bonchev–Trinajstić information content (AvgIpc) is 2.93. The molecule has 1 fully saturated rings. The number of sulfonamides is 1. The molecule has 2 N–H and O–H groups in total. The van der Waals surface area contributed by atoms with Gasteiger partial charge in [0, 0.05) is 25.7 Å². The maximum atomic E-state index is 12.0. The number of hydrogen-bond donors (Lipinski definition) is 2. The molecule has 10 heteroatoms.